The number of rotatable bonds is 5. The number of halogens is 3. The van der Waals surface area contributed by atoms with Crippen LogP contribution in [0.2, 0.25) is 5.02 Å². The monoisotopic (exact) mass is 480 g/mol. The quantitative estimate of drug-likeness (QED) is 0.377. The molecular formula is C15H15BrClIN2O. The number of hydrogen-bond acceptors (Lipinski definition) is 3. The average Bonchev–Trinajstić information content (AvgIpc) is 2.49. The number of nitrogens with two attached hydrogens (primary N) is 1. The van der Waals surface area contributed by atoms with Gasteiger partial charge in [-0.3, -0.25) is 11.3 Å². The Labute approximate surface area is 151 Å². The molecule has 0 aliphatic heterocycles. The molecule has 0 heterocycles. The predicted molar refractivity (Wildman–Crippen MR) is 98.6 cm³/mol. The van der Waals surface area contributed by atoms with Gasteiger partial charge in [0.2, 0.25) is 0 Å². The molecule has 0 fully saturated rings. The van der Waals surface area contributed by atoms with Crippen LogP contribution >= 0.6 is 50.1 Å². The van der Waals surface area contributed by atoms with Gasteiger partial charge in [0.15, 0.2) is 0 Å². The Morgan fingerprint density at radius 1 is 1.33 bits per heavy atom. The van der Waals surface area contributed by atoms with Crippen LogP contribution in [-0.4, -0.2) is 7.11 Å². The van der Waals surface area contributed by atoms with Crippen LogP contribution in [0.1, 0.15) is 17.2 Å². The van der Waals surface area contributed by atoms with Crippen molar-refractivity contribution in [3.8, 4) is 5.75 Å². The number of hydrazine groups is 1. The summed E-state index contributed by atoms with van der Waals surface area (Å²) in [5.74, 6) is 6.57. The van der Waals surface area contributed by atoms with E-state index in [1.165, 1.54) is 0 Å². The summed E-state index contributed by atoms with van der Waals surface area (Å²) in [6.07, 6.45) is 0.727. The van der Waals surface area contributed by atoms with Crippen LogP contribution in [0.25, 0.3) is 0 Å². The second kappa shape index (κ2) is 7.78. The first-order valence-electron chi connectivity index (χ1n) is 6.28. The first-order chi connectivity index (χ1) is 10.0. The van der Waals surface area contributed by atoms with E-state index in [0.717, 1.165) is 31.3 Å². The minimum atomic E-state index is -0.0287. The zero-order chi connectivity index (χ0) is 15.4. The highest BCUT2D eigenvalue weighted by Gasteiger charge is 2.16. The maximum Gasteiger partial charge on any atom is 0.119 e. The number of nitrogens with one attached hydrogen (secondary N) is 1. The second-order valence-electron chi connectivity index (χ2n) is 4.55. The van der Waals surface area contributed by atoms with Gasteiger partial charge in [-0.05, 0) is 76.5 Å². The summed E-state index contributed by atoms with van der Waals surface area (Å²) in [6.45, 7) is 0. The molecule has 0 saturated carbocycles. The van der Waals surface area contributed by atoms with Crippen LogP contribution in [0.5, 0.6) is 5.75 Å². The molecule has 1 unspecified atom stereocenters. The van der Waals surface area contributed by atoms with Crippen molar-refractivity contribution in [1.82, 2.24) is 5.43 Å². The number of hydrogen-bond donors (Lipinski definition) is 2. The SMILES string of the molecule is COc1ccc(Br)c(CC(NN)c2cc(Cl)ccc2I)c1. The molecule has 2 aromatic carbocycles. The van der Waals surface area contributed by atoms with Crippen LogP contribution in [0.4, 0.5) is 0 Å². The lowest BCUT2D eigenvalue weighted by Gasteiger charge is -2.19. The lowest BCUT2D eigenvalue weighted by Crippen LogP contribution is -2.30. The molecule has 3 nitrogen and oxygen atoms in total. The maximum absolute atomic E-state index is 6.10. The van der Waals surface area contributed by atoms with Crippen molar-refractivity contribution in [2.75, 3.05) is 7.11 Å². The Hall–Kier alpha value is -0.340. The summed E-state index contributed by atoms with van der Waals surface area (Å²) in [7, 11) is 1.66. The average molecular weight is 482 g/mol. The topological polar surface area (TPSA) is 47.3 Å². The normalized spacial score (nSPS) is 12.2. The van der Waals surface area contributed by atoms with Crippen LogP contribution < -0.4 is 16.0 Å². The van der Waals surface area contributed by atoms with Crippen molar-refractivity contribution in [1.29, 1.82) is 0 Å². The summed E-state index contributed by atoms with van der Waals surface area (Å²) < 4.78 is 7.43. The standard InChI is InChI=1S/C15H15BrClIN2O/c1-21-11-3-4-13(16)9(6-11)7-15(20-19)12-8-10(17)2-5-14(12)18/h2-6,8,15,20H,7,19H2,1H3. The third-order valence-corrected chi connectivity index (χ3v) is 5.20. The molecule has 0 bridgehead atoms. The van der Waals surface area contributed by atoms with Crippen molar-refractivity contribution < 1.29 is 4.74 Å². The lowest BCUT2D eigenvalue weighted by atomic mass is 9.99. The van der Waals surface area contributed by atoms with Crippen molar-refractivity contribution in [3.05, 3.63) is 60.6 Å². The van der Waals surface area contributed by atoms with Crippen LogP contribution in [0, 0.1) is 3.57 Å². The highest BCUT2D eigenvalue weighted by atomic mass is 127. The molecule has 0 aromatic heterocycles. The minimum absolute atomic E-state index is 0.0287. The smallest absolute Gasteiger partial charge is 0.119 e. The first kappa shape index (κ1) is 17.0. The van der Waals surface area contributed by atoms with E-state index < -0.39 is 0 Å². The van der Waals surface area contributed by atoms with Gasteiger partial charge in [-0.25, -0.2) is 0 Å². The summed E-state index contributed by atoms with van der Waals surface area (Å²) in [5.41, 5.74) is 5.08. The van der Waals surface area contributed by atoms with Gasteiger partial charge < -0.3 is 4.74 Å². The van der Waals surface area contributed by atoms with Crippen molar-refractivity contribution in [2.45, 2.75) is 12.5 Å². The van der Waals surface area contributed by atoms with Gasteiger partial charge in [-0.2, -0.15) is 0 Å². The predicted octanol–water partition coefficient (Wildman–Crippen LogP) is 4.46. The molecule has 0 aliphatic rings. The molecule has 0 amide bonds. The van der Waals surface area contributed by atoms with Gasteiger partial charge >= 0.3 is 0 Å². The van der Waals surface area contributed by atoms with E-state index in [9.17, 15) is 0 Å². The van der Waals surface area contributed by atoms with E-state index in [-0.39, 0.29) is 6.04 Å². The Morgan fingerprint density at radius 2 is 2.10 bits per heavy atom. The van der Waals surface area contributed by atoms with Gasteiger partial charge in [0.1, 0.15) is 5.75 Å². The molecule has 2 rings (SSSR count). The number of methoxy groups -OCH3 is 1. The van der Waals surface area contributed by atoms with Gasteiger partial charge in [0.25, 0.3) is 0 Å². The molecule has 0 aliphatic carbocycles. The molecule has 21 heavy (non-hydrogen) atoms. The molecule has 0 spiro atoms. The third-order valence-electron chi connectivity index (χ3n) is 3.21. The number of ether oxygens (including phenoxy) is 1. The minimum Gasteiger partial charge on any atom is -0.497 e. The summed E-state index contributed by atoms with van der Waals surface area (Å²) in [6, 6.07) is 11.7. The Morgan fingerprint density at radius 3 is 2.76 bits per heavy atom. The Balaban J connectivity index is 2.33. The Bertz CT molecular complexity index is 639. The zero-order valence-corrected chi connectivity index (χ0v) is 15.9. The van der Waals surface area contributed by atoms with Crippen LogP contribution in [0.15, 0.2) is 40.9 Å². The van der Waals surface area contributed by atoms with E-state index >= 15 is 0 Å². The van der Waals surface area contributed by atoms with Crippen LogP contribution in [-0.2, 0) is 6.42 Å². The molecular weight excluding hydrogens is 466 g/mol. The van der Waals surface area contributed by atoms with Crippen LogP contribution in [0.3, 0.4) is 0 Å². The fraction of sp³-hybridized carbons (Fsp3) is 0.200. The molecule has 2 aromatic rings. The lowest BCUT2D eigenvalue weighted by molar-refractivity contribution is 0.413. The van der Waals surface area contributed by atoms with Crippen molar-refractivity contribution >= 4 is 50.1 Å². The van der Waals surface area contributed by atoms with Gasteiger partial charge in [0, 0.05) is 13.1 Å². The third kappa shape index (κ3) is 4.32. The zero-order valence-electron chi connectivity index (χ0n) is 11.4. The van der Waals surface area contributed by atoms with E-state index in [1.54, 1.807) is 7.11 Å². The largest absolute Gasteiger partial charge is 0.497 e. The summed E-state index contributed by atoms with van der Waals surface area (Å²) in [5, 5.41) is 0.704. The molecule has 6 heteroatoms. The van der Waals surface area contributed by atoms with E-state index in [1.807, 2.05) is 36.4 Å². The van der Waals surface area contributed by atoms with Gasteiger partial charge in [0.05, 0.1) is 13.2 Å². The molecule has 0 radical (unpaired) electrons. The highest BCUT2D eigenvalue weighted by Crippen LogP contribution is 2.30. The highest BCUT2D eigenvalue weighted by molar-refractivity contribution is 14.1. The Kier molecular flexibility index (Phi) is 6.31. The second-order valence-corrected chi connectivity index (χ2v) is 7.00. The number of benzene rings is 2. The maximum atomic E-state index is 6.10. The van der Waals surface area contributed by atoms with Crippen molar-refractivity contribution in [3.63, 3.8) is 0 Å². The van der Waals surface area contributed by atoms with E-state index in [0.29, 0.717) is 5.02 Å². The van der Waals surface area contributed by atoms with Crippen molar-refractivity contribution in [2.24, 2.45) is 5.84 Å². The van der Waals surface area contributed by atoms with Gasteiger partial charge in [-0.1, -0.05) is 27.5 Å². The molecule has 112 valence electrons. The molecule has 0 saturated heterocycles. The van der Waals surface area contributed by atoms with E-state index in [2.05, 4.69) is 43.9 Å². The molecule has 3 N–H and O–H groups in total. The van der Waals surface area contributed by atoms with Gasteiger partial charge in [-0.15, -0.1) is 0 Å². The fourth-order valence-electron chi connectivity index (χ4n) is 2.09. The van der Waals surface area contributed by atoms with E-state index in [4.69, 9.17) is 22.2 Å². The summed E-state index contributed by atoms with van der Waals surface area (Å²) in [4.78, 5) is 0. The first-order valence-corrected chi connectivity index (χ1v) is 8.53. The summed E-state index contributed by atoms with van der Waals surface area (Å²) >= 11 is 12.0. The fourth-order valence-corrected chi connectivity index (χ4v) is 3.40. The molecule has 1 atom stereocenters.